The number of halogens is 1. The molecule has 3 aromatic rings. The van der Waals surface area contributed by atoms with Crippen LogP contribution in [0.5, 0.6) is 0 Å². The molecule has 0 aliphatic carbocycles. The maximum atomic E-state index is 12.8. The van der Waals surface area contributed by atoms with Gasteiger partial charge in [0.15, 0.2) is 0 Å². The summed E-state index contributed by atoms with van der Waals surface area (Å²) in [6.45, 7) is 1.48. The number of rotatable bonds is 3. The van der Waals surface area contributed by atoms with Crippen molar-refractivity contribution in [2.45, 2.75) is 18.8 Å². The van der Waals surface area contributed by atoms with E-state index in [1.54, 1.807) is 24.3 Å². The fourth-order valence-electron chi connectivity index (χ4n) is 3.63. The predicted octanol–water partition coefficient (Wildman–Crippen LogP) is 4.75. The van der Waals surface area contributed by atoms with Crippen LogP contribution in [0.2, 0.25) is 5.02 Å². The van der Waals surface area contributed by atoms with Crippen molar-refractivity contribution < 1.29 is 4.79 Å². The van der Waals surface area contributed by atoms with E-state index in [0.717, 1.165) is 36.2 Å². The summed E-state index contributed by atoms with van der Waals surface area (Å²) in [5, 5.41) is 8.09. The molecule has 4 nitrogen and oxygen atoms in total. The topological polar surface area (TPSA) is 49.0 Å². The average molecular weight is 366 g/mol. The number of carbonyl (C=O) groups excluding carboxylic acids is 1. The van der Waals surface area contributed by atoms with Crippen LogP contribution in [-0.4, -0.2) is 34.1 Å². The minimum Gasteiger partial charge on any atom is -0.338 e. The number of hydrogen-bond acceptors (Lipinski definition) is 2. The zero-order chi connectivity index (χ0) is 17.9. The van der Waals surface area contributed by atoms with Crippen molar-refractivity contribution in [2.24, 2.45) is 0 Å². The van der Waals surface area contributed by atoms with Crippen molar-refractivity contribution in [1.29, 1.82) is 0 Å². The lowest BCUT2D eigenvalue weighted by Gasteiger charge is -2.33. The zero-order valence-corrected chi connectivity index (χ0v) is 15.1. The normalized spacial score (nSPS) is 17.3. The molecule has 1 saturated heterocycles. The Balaban J connectivity index is 1.55. The molecule has 5 heteroatoms. The number of aromatic amines is 1. The smallest absolute Gasteiger partial charge is 0.253 e. The molecule has 1 aliphatic rings. The standard InChI is InChI=1S/C21H20ClN3O/c22-18-10-8-16(9-11-18)21(26)25-12-4-7-17(14-25)20-19(13-23-24-20)15-5-2-1-3-6-15/h1-3,5-6,8-11,13,17H,4,7,12,14H2,(H,23,24). The Morgan fingerprint density at radius 2 is 1.88 bits per heavy atom. The molecule has 0 bridgehead atoms. The lowest BCUT2D eigenvalue weighted by Crippen LogP contribution is -2.39. The van der Waals surface area contributed by atoms with Crippen molar-refractivity contribution in [3.63, 3.8) is 0 Å². The Labute approximate surface area is 157 Å². The first-order valence-electron chi connectivity index (χ1n) is 8.86. The van der Waals surface area contributed by atoms with Crippen LogP contribution in [0.15, 0.2) is 60.8 Å². The second-order valence-electron chi connectivity index (χ2n) is 6.66. The quantitative estimate of drug-likeness (QED) is 0.728. The molecule has 1 aliphatic heterocycles. The van der Waals surface area contributed by atoms with Gasteiger partial charge in [-0.2, -0.15) is 5.10 Å². The molecule has 132 valence electrons. The van der Waals surface area contributed by atoms with Gasteiger partial charge in [-0.1, -0.05) is 41.9 Å². The number of piperidine rings is 1. The SMILES string of the molecule is O=C(c1ccc(Cl)cc1)N1CCCC(c2[nH]ncc2-c2ccccc2)C1. The van der Waals surface area contributed by atoms with Crippen molar-refractivity contribution >= 4 is 17.5 Å². The van der Waals surface area contributed by atoms with Gasteiger partial charge in [-0.3, -0.25) is 9.89 Å². The number of nitrogens with one attached hydrogen (secondary N) is 1. The van der Waals surface area contributed by atoms with Gasteiger partial charge in [-0.25, -0.2) is 0 Å². The van der Waals surface area contributed by atoms with E-state index in [9.17, 15) is 4.79 Å². The Morgan fingerprint density at radius 1 is 1.12 bits per heavy atom. The summed E-state index contributed by atoms with van der Waals surface area (Å²) in [6.07, 6.45) is 3.91. The highest BCUT2D eigenvalue weighted by Gasteiger charge is 2.28. The summed E-state index contributed by atoms with van der Waals surface area (Å²) in [4.78, 5) is 14.8. The number of likely N-dealkylation sites (tertiary alicyclic amines) is 1. The summed E-state index contributed by atoms with van der Waals surface area (Å²) >= 11 is 5.93. The maximum absolute atomic E-state index is 12.8. The van der Waals surface area contributed by atoms with E-state index in [4.69, 9.17) is 11.6 Å². The third-order valence-electron chi connectivity index (χ3n) is 4.96. The van der Waals surface area contributed by atoms with Crippen LogP contribution in [0.3, 0.4) is 0 Å². The van der Waals surface area contributed by atoms with Gasteiger partial charge in [-0.05, 0) is 42.7 Å². The molecule has 1 fully saturated rings. The highest BCUT2D eigenvalue weighted by molar-refractivity contribution is 6.30. The number of amides is 1. The first kappa shape index (κ1) is 16.9. The van der Waals surface area contributed by atoms with E-state index >= 15 is 0 Å². The van der Waals surface area contributed by atoms with E-state index in [0.29, 0.717) is 17.1 Å². The van der Waals surface area contributed by atoms with Gasteiger partial charge in [0.2, 0.25) is 0 Å². The molecule has 2 heterocycles. The van der Waals surface area contributed by atoms with Crippen molar-refractivity contribution in [2.75, 3.05) is 13.1 Å². The predicted molar refractivity (Wildman–Crippen MR) is 103 cm³/mol. The molecule has 1 atom stereocenters. The number of benzene rings is 2. The number of nitrogens with zero attached hydrogens (tertiary/aromatic N) is 2. The maximum Gasteiger partial charge on any atom is 0.253 e. The monoisotopic (exact) mass is 365 g/mol. The molecule has 1 unspecified atom stereocenters. The first-order chi connectivity index (χ1) is 12.7. The molecule has 0 radical (unpaired) electrons. The molecular weight excluding hydrogens is 346 g/mol. The fraction of sp³-hybridized carbons (Fsp3) is 0.238. The Morgan fingerprint density at radius 3 is 2.65 bits per heavy atom. The van der Waals surface area contributed by atoms with E-state index in [-0.39, 0.29) is 11.8 Å². The minimum absolute atomic E-state index is 0.0622. The average Bonchev–Trinajstić information content (AvgIpc) is 3.19. The van der Waals surface area contributed by atoms with Gasteiger partial charge in [-0.15, -0.1) is 0 Å². The molecule has 1 aromatic heterocycles. The summed E-state index contributed by atoms with van der Waals surface area (Å²) in [5.74, 6) is 0.324. The molecule has 2 aromatic carbocycles. The zero-order valence-electron chi connectivity index (χ0n) is 14.4. The highest BCUT2D eigenvalue weighted by atomic mass is 35.5. The van der Waals surface area contributed by atoms with Crippen molar-refractivity contribution in [1.82, 2.24) is 15.1 Å². The fourth-order valence-corrected chi connectivity index (χ4v) is 3.75. The Hall–Kier alpha value is -2.59. The van der Waals surface area contributed by atoms with E-state index in [1.807, 2.05) is 29.3 Å². The molecule has 4 rings (SSSR count). The van der Waals surface area contributed by atoms with Crippen LogP contribution in [0, 0.1) is 0 Å². The summed E-state index contributed by atoms with van der Waals surface area (Å²) in [6, 6.07) is 17.4. The van der Waals surface area contributed by atoms with Gasteiger partial charge in [0, 0.05) is 40.9 Å². The second kappa shape index (κ2) is 7.34. The van der Waals surface area contributed by atoms with Crippen LogP contribution in [0.4, 0.5) is 0 Å². The Bertz CT molecular complexity index is 889. The van der Waals surface area contributed by atoms with Crippen LogP contribution >= 0.6 is 11.6 Å². The van der Waals surface area contributed by atoms with Crippen LogP contribution < -0.4 is 0 Å². The van der Waals surface area contributed by atoms with Crippen LogP contribution in [0.1, 0.15) is 34.8 Å². The van der Waals surface area contributed by atoms with Crippen molar-refractivity contribution in [3.8, 4) is 11.1 Å². The number of hydrogen-bond donors (Lipinski definition) is 1. The van der Waals surface area contributed by atoms with Crippen molar-refractivity contribution in [3.05, 3.63) is 77.1 Å². The second-order valence-corrected chi connectivity index (χ2v) is 7.10. The lowest BCUT2D eigenvalue weighted by molar-refractivity contribution is 0.0706. The van der Waals surface area contributed by atoms with E-state index in [2.05, 4.69) is 22.3 Å². The van der Waals surface area contributed by atoms with Gasteiger partial charge < -0.3 is 4.90 Å². The van der Waals surface area contributed by atoms with E-state index < -0.39 is 0 Å². The van der Waals surface area contributed by atoms with Gasteiger partial charge in [0.25, 0.3) is 5.91 Å². The molecular formula is C21H20ClN3O. The minimum atomic E-state index is 0.0622. The third-order valence-corrected chi connectivity index (χ3v) is 5.21. The van der Waals surface area contributed by atoms with Gasteiger partial charge in [0.1, 0.15) is 0 Å². The van der Waals surface area contributed by atoms with E-state index in [1.165, 1.54) is 0 Å². The number of aromatic nitrogens is 2. The first-order valence-corrected chi connectivity index (χ1v) is 9.23. The summed E-state index contributed by atoms with van der Waals surface area (Å²) in [7, 11) is 0. The van der Waals surface area contributed by atoms with Gasteiger partial charge in [0.05, 0.1) is 6.20 Å². The van der Waals surface area contributed by atoms with Crippen LogP contribution in [0.25, 0.3) is 11.1 Å². The highest BCUT2D eigenvalue weighted by Crippen LogP contribution is 2.33. The molecule has 26 heavy (non-hydrogen) atoms. The molecule has 0 spiro atoms. The Kier molecular flexibility index (Phi) is 4.76. The van der Waals surface area contributed by atoms with Crippen LogP contribution in [-0.2, 0) is 0 Å². The molecule has 1 amide bonds. The summed E-state index contributed by atoms with van der Waals surface area (Å²) in [5.41, 5.74) is 4.07. The molecule has 1 N–H and O–H groups in total. The summed E-state index contributed by atoms with van der Waals surface area (Å²) < 4.78 is 0. The number of H-pyrrole nitrogens is 1. The third kappa shape index (κ3) is 3.37. The lowest BCUT2D eigenvalue weighted by atomic mass is 9.90. The number of carbonyl (C=O) groups is 1. The molecule has 0 saturated carbocycles. The largest absolute Gasteiger partial charge is 0.338 e. The van der Waals surface area contributed by atoms with Gasteiger partial charge >= 0.3 is 0 Å².